The SMILES string of the molecule is CC(C)/C=C/COC/C=C/[Si](C)(C)C(C)(C)C. The van der Waals surface area contributed by atoms with E-state index in [2.05, 4.69) is 71.6 Å². The van der Waals surface area contributed by atoms with Crippen LogP contribution in [0.5, 0.6) is 0 Å². The molecule has 2 heteroatoms. The van der Waals surface area contributed by atoms with Crippen LogP contribution in [0.25, 0.3) is 0 Å². The molecule has 0 unspecified atom stereocenters. The van der Waals surface area contributed by atoms with E-state index in [1.807, 2.05) is 0 Å². The summed E-state index contributed by atoms with van der Waals surface area (Å²) in [7, 11) is -1.27. The van der Waals surface area contributed by atoms with Gasteiger partial charge >= 0.3 is 0 Å². The van der Waals surface area contributed by atoms with Crippen molar-refractivity contribution in [3.05, 3.63) is 23.9 Å². The molecule has 0 aliphatic heterocycles. The molecule has 1 nitrogen and oxygen atoms in total. The Bertz CT molecular complexity index is 257. The van der Waals surface area contributed by atoms with E-state index in [0.29, 0.717) is 11.0 Å². The third-order valence-corrected chi connectivity index (χ3v) is 8.35. The molecule has 0 saturated carbocycles. The minimum absolute atomic E-state index is 0.418. The first-order valence-electron chi connectivity index (χ1n) is 6.59. The maximum Gasteiger partial charge on any atom is 0.0767 e. The highest BCUT2D eigenvalue weighted by Gasteiger charge is 2.31. The van der Waals surface area contributed by atoms with Crippen molar-refractivity contribution >= 4 is 8.07 Å². The van der Waals surface area contributed by atoms with Gasteiger partial charge in [0.1, 0.15) is 0 Å². The summed E-state index contributed by atoms with van der Waals surface area (Å²) in [4.78, 5) is 0. The lowest BCUT2D eigenvalue weighted by atomic mass is 10.2. The Morgan fingerprint density at radius 1 is 1.06 bits per heavy atom. The van der Waals surface area contributed by atoms with E-state index in [1.165, 1.54) is 0 Å². The van der Waals surface area contributed by atoms with Crippen LogP contribution in [0.3, 0.4) is 0 Å². The van der Waals surface area contributed by atoms with Gasteiger partial charge < -0.3 is 4.74 Å². The summed E-state index contributed by atoms with van der Waals surface area (Å²) >= 11 is 0. The summed E-state index contributed by atoms with van der Waals surface area (Å²) < 4.78 is 5.54. The molecule has 0 aliphatic rings. The molecule has 0 saturated heterocycles. The van der Waals surface area contributed by atoms with E-state index >= 15 is 0 Å². The molecular formula is C15H30OSi. The normalized spacial score (nSPS) is 14.4. The maximum atomic E-state index is 5.54. The monoisotopic (exact) mass is 254 g/mol. The van der Waals surface area contributed by atoms with Gasteiger partial charge in [-0.25, -0.2) is 0 Å². The van der Waals surface area contributed by atoms with Crippen LogP contribution >= 0.6 is 0 Å². The van der Waals surface area contributed by atoms with Gasteiger partial charge in [0.15, 0.2) is 0 Å². The molecule has 0 amide bonds. The van der Waals surface area contributed by atoms with Gasteiger partial charge in [-0.1, -0.05) is 71.6 Å². The average Bonchev–Trinajstić information content (AvgIpc) is 2.13. The van der Waals surface area contributed by atoms with Gasteiger partial charge in [0.05, 0.1) is 21.3 Å². The fourth-order valence-electron chi connectivity index (χ4n) is 1.12. The molecule has 0 aliphatic carbocycles. The lowest BCUT2D eigenvalue weighted by Gasteiger charge is -2.34. The molecule has 17 heavy (non-hydrogen) atoms. The van der Waals surface area contributed by atoms with Crippen LogP contribution in [0.15, 0.2) is 23.9 Å². The smallest absolute Gasteiger partial charge is 0.0767 e. The predicted molar refractivity (Wildman–Crippen MR) is 81.1 cm³/mol. The van der Waals surface area contributed by atoms with Crippen LogP contribution < -0.4 is 0 Å². The minimum atomic E-state index is -1.27. The Balaban J connectivity index is 3.90. The second kappa shape index (κ2) is 7.17. The zero-order chi connectivity index (χ0) is 13.5. The van der Waals surface area contributed by atoms with Crippen LogP contribution in [-0.2, 0) is 4.74 Å². The Morgan fingerprint density at radius 3 is 2.06 bits per heavy atom. The molecular weight excluding hydrogens is 224 g/mol. The number of ether oxygens (including phenoxy) is 1. The number of allylic oxidation sites excluding steroid dienone is 1. The van der Waals surface area contributed by atoms with E-state index in [-0.39, 0.29) is 0 Å². The third-order valence-electron chi connectivity index (χ3n) is 3.42. The summed E-state index contributed by atoms with van der Waals surface area (Å²) in [6.07, 6.45) is 6.48. The second-order valence-corrected chi connectivity index (χ2v) is 11.9. The Morgan fingerprint density at radius 2 is 1.59 bits per heavy atom. The van der Waals surface area contributed by atoms with Crippen molar-refractivity contribution < 1.29 is 4.74 Å². The van der Waals surface area contributed by atoms with Crippen LogP contribution in [-0.4, -0.2) is 21.3 Å². The van der Waals surface area contributed by atoms with Gasteiger partial charge in [0, 0.05) is 0 Å². The number of hydrogen-bond acceptors (Lipinski definition) is 1. The van der Waals surface area contributed by atoms with Gasteiger partial charge in [0.25, 0.3) is 0 Å². The van der Waals surface area contributed by atoms with E-state index in [0.717, 1.165) is 13.2 Å². The van der Waals surface area contributed by atoms with Gasteiger partial charge in [0.2, 0.25) is 0 Å². The molecule has 0 N–H and O–H groups in total. The van der Waals surface area contributed by atoms with Crippen molar-refractivity contribution in [2.24, 2.45) is 5.92 Å². The van der Waals surface area contributed by atoms with Gasteiger partial charge in [-0.15, -0.1) is 0 Å². The highest BCUT2D eigenvalue weighted by Crippen LogP contribution is 2.36. The molecule has 0 heterocycles. The predicted octanol–water partition coefficient (Wildman–Crippen LogP) is 4.82. The first kappa shape index (κ1) is 16.7. The molecule has 0 aromatic rings. The molecule has 0 spiro atoms. The molecule has 0 aromatic carbocycles. The van der Waals surface area contributed by atoms with E-state index in [9.17, 15) is 0 Å². The Labute approximate surface area is 109 Å². The van der Waals surface area contributed by atoms with Crippen molar-refractivity contribution in [2.75, 3.05) is 13.2 Å². The fraction of sp³-hybridized carbons (Fsp3) is 0.733. The summed E-state index contributed by atoms with van der Waals surface area (Å²) in [5.41, 5.74) is 2.40. The van der Waals surface area contributed by atoms with Crippen LogP contribution in [0, 0.1) is 5.92 Å². The van der Waals surface area contributed by atoms with Crippen LogP contribution in [0.2, 0.25) is 18.1 Å². The molecule has 100 valence electrons. The molecule has 0 radical (unpaired) electrons. The van der Waals surface area contributed by atoms with Crippen molar-refractivity contribution in [2.45, 2.75) is 52.8 Å². The van der Waals surface area contributed by atoms with Crippen molar-refractivity contribution in [3.8, 4) is 0 Å². The highest BCUT2D eigenvalue weighted by molar-refractivity contribution is 6.84. The van der Waals surface area contributed by atoms with E-state index in [4.69, 9.17) is 4.74 Å². The van der Waals surface area contributed by atoms with Gasteiger partial charge in [-0.2, -0.15) is 0 Å². The minimum Gasteiger partial charge on any atom is -0.373 e. The lowest BCUT2D eigenvalue weighted by Crippen LogP contribution is -2.35. The van der Waals surface area contributed by atoms with Gasteiger partial charge in [-0.05, 0) is 11.0 Å². The van der Waals surface area contributed by atoms with Crippen molar-refractivity contribution in [1.82, 2.24) is 0 Å². The molecule has 0 fully saturated rings. The number of rotatable bonds is 6. The first-order valence-corrected chi connectivity index (χ1v) is 9.66. The first-order chi connectivity index (χ1) is 7.67. The summed E-state index contributed by atoms with van der Waals surface area (Å²) in [5, 5.41) is 0.418. The Hall–Kier alpha value is -0.343. The fourth-order valence-corrected chi connectivity index (χ4v) is 2.31. The average molecular weight is 254 g/mol. The van der Waals surface area contributed by atoms with E-state index < -0.39 is 8.07 Å². The van der Waals surface area contributed by atoms with Crippen molar-refractivity contribution in [1.29, 1.82) is 0 Å². The maximum absolute atomic E-state index is 5.54. The topological polar surface area (TPSA) is 9.23 Å². The summed E-state index contributed by atoms with van der Waals surface area (Å²) in [5.74, 6) is 0.612. The largest absolute Gasteiger partial charge is 0.373 e. The third kappa shape index (κ3) is 7.56. The van der Waals surface area contributed by atoms with Crippen LogP contribution in [0.1, 0.15) is 34.6 Å². The molecule has 0 atom stereocenters. The highest BCUT2D eigenvalue weighted by atomic mass is 28.3. The molecule has 0 aromatic heterocycles. The summed E-state index contributed by atoms with van der Waals surface area (Å²) in [6.45, 7) is 17.6. The standard InChI is InChI=1S/C15H30OSi/c1-14(2)10-8-11-16-12-9-13-17(6,7)15(3,4)5/h8-10,13-14H,11-12H2,1-7H3/b10-8+,13-9+. The quantitative estimate of drug-likeness (QED) is 0.375. The van der Waals surface area contributed by atoms with E-state index in [1.54, 1.807) is 0 Å². The van der Waals surface area contributed by atoms with Crippen LogP contribution in [0.4, 0.5) is 0 Å². The number of hydrogen-bond donors (Lipinski definition) is 0. The zero-order valence-electron chi connectivity index (χ0n) is 12.7. The molecule has 0 rings (SSSR count). The van der Waals surface area contributed by atoms with Crippen molar-refractivity contribution in [3.63, 3.8) is 0 Å². The zero-order valence-corrected chi connectivity index (χ0v) is 13.7. The molecule has 0 bridgehead atoms. The van der Waals surface area contributed by atoms with Gasteiger partial charge in [-0.3, -0.25) is 0 Å². The summed E-state index contributed by atoms with van der Waals surface area (Å²) in [6, 6.07) is 0. The Kier molecular flexibility index (Phi) is 7.03. The lowest BCUT2D eigenvalue weighted by molar-refractivity contribution is 0.193. The second-order valence-electron chi connectivity index (χ2n) is 6.58.